The standard InChI is InChI=1S/C67H48N4/c1-41-7-16-47(17-8-41)51-24-29-56-57-30-25-52(48-18-9-42(2)10-19-48)35-63(57)70(62(56)34-51)66-39-61(69-6)67(38-60(66)55-28-15-46(40-68)33-45(55)5)71-64-36-53(49-20-11-43(3)12-21-49)26-31-58(64)59-32-27-54(37-65(59)71)50-22-13-44(4)14-23-50/h7-39H,1-5H3. The van der Waals surface area contributed by atoms with Crippen LogP contribution < -0.4 is 0 Å². The maximum atomic E-state index is 10.1. The first-order chi connectivity index (χ1) is 34.6. The van der Waals surface area contributed by atoms with Crippen molar-refractivity contribution >= 4 is 49.3 Å². The predicted molar refractivity (Wildman–Crippen MR) is 297 cm³/mol. The van der Waals surface area contributed by atoms with Crippen LogP contribution in [0.25, 0.3) is 115 Å². The van der Waals surface area contributed by atoms with Crippen LogP contribution >= 0.6 is 0 Å². The molecule has 0 amide bonds. The number of rotatable bonds is 7. The van der Waals surface area contributed by atoms with E-state index in [4.69, 9.17) is 6.57 Å². The van der Waals surface area contributed by atoms with E-state index in [0.717, 1.165) is 116 Å². The molecule has 0 bridgehead atoms. The quantitative estimate of drug-likeness (QED) is 0.147. The number of benzene rings is 10. The van der Waals surface area contributed by atoms with Crippen LogP contribution in [-0.4, -0.2) is 9.13 Å². The van der Waals surface area contributed by atoms with Gasteiger partial charge in [-0.2, -0.15) is 5.26 Å². The number of aryl methyl sites for hydroxylation is 5. The third-order valence-corrected chi connectivity index (χ3v) is 14.4. The fourth-order valence-corrected chi connectivity index (χ4v) is 10.5. The fraction of sp³-hybridized carbons (Fsp3) is 0.0746. The van der Waals surface area contributed by atoms with E-state index in [9.17, 15) is 5.26 Å². The molecule has 0 unspecified atom stereocenters. The molecule has 0 aliphatic carbocycles. The van der Waals surface area contributed by atoms with Crippen LogP contribution in [0.2, 0.25) is 0 Å². The van der Waals surface area contributed by atoms with Crippen LogP contribution in [0, 0.1) is 52.5 Å². The van der Waals surface area contributed by atoms with Gasteiger partial charge < -0.3 is 9.13 Å². The molecule has 0 aliphatic rings. The van der Waals surface area contributed by atoms with Gasteiger partial charge in [-0.25, -0.2) is 4.85 Å². The molecule has 0 saturated carbocycles. The van der Waals surface area contributed by atoms with E-state index in [1.807, 2.05) is 12.1 Å². The van der Waals surface area contributed by atoms with Crippen molar-refractivity contribution in [1.29, 1.82) is 5.26 Å². The molecule has 12 rings (SSSR count). The fourth-order valence-electron chi connectivity index (χ4n) is 10.5. The lowest BCUT2D eigenvalue weighted by Crippen LogP contribution is -2.02. The zero-order valence-electron chi connectivity index (χ0n) is 40.3. The highest BCUT2D eigenvalue weighted by atomic mass is 15.0. The first kappa shape index (κ1) is 43.1. The maximum absolute atomic E-state index is 10.1. The van der Waals surface area contributed by atoms with E-state index in [0.29, 0.717) is 11.3 Å². The highest BCUT2D eigenvalue weighted by Crippen LogP contribution is 2.46. The number of hydrogen-bond acceptors (Lipinski definition) is 1. The lowest BCUT2D eigenvalue weighted by molar-refractivity contribution is 1.15. The van der Waals surface area contributed by atoms with Crippen molar-refractivity contribution in [3.63, 3.8) is 0 Å². The second-order valence-electron chi connectivity index (χ2n) is 19.2. The Bertz CT molecular complexity index is 3980. The Kier molecular flexibility index (Phi) is 10.4. The molecular formula is C67H48N4. The summed E-state index contributed by atoms with van der Waals surface area (Å²) < 4.78 is 4.69. The Labute approximate surface area is 414 Å². The lowest BCUT2D eigenvalue weighted by Gasteiger charge is -2.20. The second kappa shape index (κ2) is 17.1. The van der Waals surface area contributed by atoms with Gasteiger partial charge >= 0.3 is 0 Å². The van der Waals surface area contributed by atoms with Crippen molar-refractivity contribution in [2.24, 2.45) is 0 Å². The number of nitrogens with zero attached hydrogens (tertiary/aromatic N) is 4. The van der Waals surface area contributed by atoms with Gasteiger partial charge in [0.2, 0.25) is 5.69 Å². The number of fused-ring (bicyclic) bond motifs is 6. The molecule has 0 aliphatic heterocycles. The van der Waals surface area contributed by atoms with Crippen molar-refractivity contribution in [1.82, 2.24) is 9.13 Å². The summed E-state index contributed by atoms with van der Waals surface area (Å²) in [6, 6.07) is 74.5. The van der Waals surface area contributed by atoms with Crippen molar-refractivity contribution in [2.45, 2.75) is 34.6 Å². The minimum atomic E-state index is 0.523. The third-order valence-electron chi connectivity index (χ3n) is 14.4. The Morgan fingerprint density at radius 2 is 0.690 bits per heavy atom. The van der Waals surface area contributed by atoms with E-state index in [1.165, 1.54) is 22.3 Å². The average molecular weight is 909 g/mol. The van der Waals surface area contributed by atoms with Crippen molar-refractivity contribution in [2.75, 3.05) is 0 Å². The van der Waals surface area contributed by atoms with Crippen LogP contribution in [0.15, 0.2) is 200 Å². The van der Waals surface area contributed by atoms with E-state index in [2.05, 4.69) is 243 Å². The molecular weight excluding hydrogens is 861 g/mol. The van der Waals surface area contributed by atoms with Crippen LogP contribution in [0.3, 0.4) is 0 Å². The van der Waals surface area contributed by atoms with Gasteiger partial charge in [-0.05, 0) is 139 Å². The number of aromatic nitrogens is 2. The first-order valence-corrected chi connectivity index (χ1v) is 24.1. The third kappa shape index (κ3) is 7.46. The van der Waals surface area contributed by atoms with E-state index in [-0.39, 0.29) is 0 Å². The first-order valence-electron chi connectivity index (χ1n) is 24.1. The molecule has 336 valence electrons. The van der Waals surface area contributed by atoms with E-state index < -0.39 is 0 Å². The highest BCUT2D eigenvalue weighted by molar-refractivity contribution is 6.14. The van der Waals surface area contributed by atoms with Gasteiger partial charge in [0.1, 0.15) is 0 Å². The van der Waals surface area contributed by atoms with Gasteiger partial charge in [-0.1, -0.05) is 174 Å². The predicted octanol–water partition coefficient (Wildman–Crippen LogP) is 18.2. The zero-order chi connectivity index (χ0) is 48.5. The van der Waals surface area contributed by atoms with E-state index in [1.54, 1.807) is 0 Å². The summed E-state index contributed by atoms with van der Waals surface area (Å²) in [5.41, 5.74) is 23.6. The molecule has 0 radical (unpaired) electrons. The average Bonchev–Trinajstić information content (AvgIpc) is 3.90. The molecule has 0 saturated heterocycles. The van der Waals surface area contributed by atoms with Gasteiger partial charge in [0.25, 0.3) is 0 Å². The topological polar surface area (TPSA) is 38.0 Å². The molecule has 4 nitrogen and oxygen atoms in total. The Balaban J connectivity index is 1.20. The molecule has 2 aromatic heterocycles. The molecule has 4 heteroatoms. The molecule has 2 heterocycles. The van der Waals surface area contributed by atoms with Gasteiger partial charge in [0, 0.05) is 32.8 Å². The Morgan fingerprint density at radius 1 is 0.352 bits per heavy atom. The summed E-state index contributed by atoms with van der Waals surface area (Å²) in [6.45, 7) is 19.7. The smallest absolute Gasteiger partial charge is 0.212 e. The minimum absolute atomic E-state index is 0.523. The summed E-state index contributed by atoms with van der Waals surface area (Å²) in [5, 5.41) is 14.6. The SMILES string of the molecule is [C-]#[N+]c1cc(-n2c3cc(-c4ccc(C)cc4)ccc3c3ccc(-c4ccc(C)cc4)cc32)c(-c2ccc(C#N)cc2C)cc1-n1c2cc(-c3ccc(C)cc3)ccc2c2ccc(-c3ccc(C)cc3)cc21. The monoisotopic (exact) mass is 908 g/mol. The molecule has 0 fully saturated rings. The summed E-state index contributed by atoms with van der Waals surface area (Å²) in [5.74, 6) is 0. The minimum Gasteiger partial charge on any atom is -0.319 e. The number of hydrogen-bond donors (Lipinski definition) is 0. The Hall–Kier alpha value is -9.22. The van der Waals surface area contributed by atoms with Gasteiger partial charge in [-0.15, -0.1) is 0 Å². The van der Waals surface area contributed by atoms with Gasteiger partial charge in [0.05, 0.1) is 46.0 Å². The summed E-state index contributed by atoms with van der Waals surface area (Å²) in [7, 11) is 0. The lowest BCUT2D eigenvalue weighted by atomic mass is 9.95. The zero-order valence-corrected chi connectivity index (χ0v) is 40.3. The molecule has 71 heavy (non-hydrogen) atoms. The summed E-state index contributed by atoms with van der Waals surface area (Å²) >= 11 is 0. The van der Waals surface area contributed by atoms with Crippen LogP contribution in [-0.2, 0) is 0 Å². The summed E-state index contributed by atoms with van der Waals surface area (Å²) in [4.78, 5) is 4.46. The second-order valence-corrected chi connectivity index (χ2v) is 19.2. The van der Waals surface area contributed by atoms with Gasteiger partial charge in [-0.3, -0.25) is 0 Å². The van der Waals surface area contributed by atoms with Crippen molar-refractivity contribution in [3.8, 4) is 73.1 Å². The summed E-state index contributed by atoms with van der Waals surface area (Å²) in [6.07, 6.45) is 0. The van der Waals surface area contributed by atoms with Crippen molar-refractivity contribution in [3.05, 3.63) is 245 Å². The molecule has 10 aromatic carbocycles. The van der Waals surface area contributed by atoms with Gasteiger partial charge in [0.15, 0.2) is 0 Å². The van der Waals surface area contributed by atoms with Crippen LogP contribution in [0.4, 0.5) is 5.69 Å². The molecule has 0 N–H and O–H groups in total. The number of nitriles is 1. The maximum Gasteiger partial charge on any atom is 0.212 e. The molecule has 12 aromatic rings. The Morgan fingerprint density at radius 3 is 1.01 bits per heavy atom. The van der Waals surface area contributed by atoms with Crippen LogP contribution in [0.1, 0.15) is 33.4 Å². The van der Waals surface area contributed by atoms with E-state index >= 15 is 0 Å². The largest absolute Gasteiger partial charge is 0.319 e. The normalized spacial score (nSPS) is 11.4. The van der Waals surface area contributed by atoms with Crippen molar-refractivity contribution < 1.29 is 0 Å². The highest BCUT2D eigenvalue weighted by Gasteiger charge is 2.24. The molecule has 0 atom stereocenters. The molecule has 0 spiro atoms. The van der Waals surface area contributed by atoms with Crippen LogP contribution in [0.5, 0.6) is 0 Å².